The molecule has 0 atom stereocenters. The summed E-state index contributed by atoms with van der Waals surface area (Å²) in [5.41, 5.74) is 5.89. The lowest BCUT2D eigenvalue weighted by atomic mass is 10.3. The normalized spacial score (nSPS) is 11.7. The summed E-state index contributed by atoms with van der Waals surface area (Å²) in [6, 6.07) is 3.38. The molecule has 0 fully saturated rings. The number of anilines is 1. The van der Waals surface area contributed by atoms with Crippen LogP contribution in [0.2, 0.25) is 0 Å². The van der Waals surface area contributed by atoms with Crippen LogP contribution in [0.15, 0.2) is 28.7 Å². The lowest BCUT2D eigenvalue weighted by molar-refractivity contribution is 0.603. The van der Waals surface area contributed by atoms with Gasteiger partial charge in [0.2, 0.25) is 0 Å². The summed E-state index contributed by atoms with van der Waals surface area (Å²) in [6.07, 6.45) is 3.75. The molecule has 0 bridgehead atoms. The summed E-state index contributed by atoms with van der Waals surface area (Å²) >= 11 is 1.23. The van der Waals surface area contributed by atoms with E-state index in [1.807, 2.05) is 0 Å². The third-order valence-electron chi connectivity index (χ3n) is 2.25. The van der Waals surface area contributed by atoms with E-state index in [1.54, 1.807) is 25.4 Å². The lowest BCUT2D eigenvalue weighted by Crippen LogP contribution is -2.10. The van der Waals surface area contributed by atoms with Crippen molar-refractivity contribution in [2.45, 2.75) is 10.6 Å². The Morgan fingerprint density at radius 1 is 1.50 bits per heavy atom. The molecule has 0 saturated heterocycles. The minimum absolute atomic E-state index is 0.287. The summed E-state index contributed by atoms with van der Waals surface area (Å²) in [6.45, 7) is 0.510. The molecule has 3 N–H and O–H groups in total. The number of aryl methyl sites for hydroxylation is 1. The van der Waals surface area contributed by atoms with Crippen LogP contribution in [0.1, 0.15) is 4.88 Å². The fourth-order valence-corrected chi connectivity index (χ4v) is 3.86. The van der Waals surface area contributed by atoms with Gasteiger partial charge in [-0.15, -0.1) is 11.3 Å². The van der Waals surface area contributed by atoms with E-state index >= 15 is 0 Å². The van der Waals surface area contributed by atoms with Crippen molar-refractivity contribution in [1.29, 1.82) is 0 Å². The van der Waals surface area contributed by atoms with Crippen LogP contribution in [0.5, 0.6) is 0 Å². The number of hydrogen-bond acceptors (Lipinski definition) is 5. The highest BCUT2D eigenvalue weighted by atomic mass is 32.2. The highest BCUT2D eigenvalue weighted by Crippen LogP contribution is 2.24. The number of sulfonamides is 1. The molecular formula is C10H14N4O2S2. The average molecular weight is 286 g/mol. The molecule has 0 aliphatic carbocycles. The fraction of sp³-hybridized carbons (Fsp3) is 0.300. The van der Waals surface area contributed by atoms with Gasteiger partial charge in [0.1, 0.15) is 4.21 Å². The van der Waals surface area contributed by atoms with Crippen LogP contribution in [0.4, 0.5) is 5.69 Å². The van der Waals surface area contributed by atoms with E-state index in [0.717, 1.165) is 4.88 Å². The Bertz CT molecular complexity index is 630. The molecule has 2 heterocycles. The molecular weight excluding hydrogens is 272 g/mol. The number of nitrogens with two attached hydrogens (primary N) is 1. The second-order valence-electron chi connectivity index (χ2n) is 3.77. The summed E-state index contributed by atoms with van der Waals surface area (Å²) in [7, 11) is -1.80. The SMILES string of the molecule is Cn1cc(NS(=O)(=O)c2ccc(CCN)s2)cn1. The average Bonchev–Trinajstić information content (AvgIpc) is 2.88. The molecule has 2 aromatic rings. The van der Waals surface area contributed by atoms with E-state index in [-0.39, 0.29) is 4.21 Å². The zero-order chi connectivity index (χ0) is 13.2. The maximum absolute atomic E-state index is 12.1. The van der Waals surface area contributed by atoms with Gasteiger partial charge in [0.05, 0.1) is 11.9 Å². The summed E-state index contributed by atoms with van der Waals surface area (Å²) in [4.78, 5) is 0.962. The van der Waals surface area contributed by atoms with Gasteiger partial charge >= 0.3 is 0 Å². The van der Waals surface area contributed by atoms with Gasteiger partial charge in [-0.25, -0.2) is 8.42 Å². The molecule has 0 radical (unpaired) electrons. The molecule has 8 heteroatoms. The highest BCUT2D eigenvalue weighted by Gasteiger charge is 2.17. The van der Waals surface area contributed by atoms with Gasteiger partial charge in [-0.3, -0.25) is 9.40 Å². The molecule has 0 spiro atoms. The number of aromatic nitrogens is 2. The maximum Gasteiger partial charge on any atom is 0.271 e. The summed E-state index contributed by atoms with van der Waals surface area (Å²) in [5.74, 6) is 0. The molecule has 6 nitrogen and oxygen atoms in total. The van der Waals surface area contributed by atoms with Gasteiger partial charge in [-0.05, 0) is 25.1 Å². The lowest BCUT2D eigenvalue weighted by Gasteiger charge is -2.02. The second-order valence-corrected chi connectivity index (χ2v) is 6.85. The van der Waals surface area contributed by atoms with Crippen molar-refractivity contribution in [1.82, 2.24) is 9.78 Å². The first-order valence-corrected chi connectivity index (χ1v) is 7.61. The van der Waals surface area contributed by atoms with Crippen LogP contribution < -0.4 is 10.5 Å². The van der Waals surface area contributed by atoms with Crippen molar-refractivity contribution in [2.24, 2.45) is 12.8 Å². The molecule has 2 aromatic heterocycles. The molecule has 98 valence electrons. The van der Waals surface area contributed by atoms with Gasteiger partial charge in [-0.2, -0.15) is 5.10 Å². The van der Waals surface area contributed by atoms with Gasteiger partial charge in [0, 0.05) is 18.1 Å². The second kappa shape index (κ2) is 5.09. The van der Waals surface area contributed by atoms with Crippen LogP contribution >= 0.6 is 11.3 Å². The number of nitrogens with zero attached hydrogens (tertiary/aromatic N) is 2. The monoisotopic (exact) mass is 286 g/mol. The molecule has 0 unspecified atom stereocenters. The molecule has 2 rings (SSSR count). The largest absolute Gasteiger partial charge is 0.330 e. The standard InChI is InChI=1S/C10H14N4O2S2/c1-14-7-8(6-12-14)13-18(15,16)10-3-2-9(17-10)4-5-11/h2-3,6-7,13H,4-5,11H2,1H3. The Balaban J connectivity index is 2.19. The topological polar surface area (TPSA) is 90.0 Å². The number of rotatable bonds is 5. The van der Waals surface area contributed by atoms with Gasteiger partial charge in [0.25, 0.3) is 10.0 Å². The number of thiophene rings is 1. The molecule has 0 aliphatic rings. The molecule has 0 amide bonds. The van der Waals surface area contributed by atoms with Crippen LogP contribution in [-0.2, 0) is 23.5 Å². The van der Waals surface area contributed by atoms with E-state index in [9.17, 15) is 8.42 Å². The van der Waals surface area contributed by atoms with Gasteiger partial charge in [0.15, 0.2) is 0 Å². The zero-order valence-electron chi connectivity index (χ0n) is 9.83. The van der Waals surface area contributed by atoms with Crippen molar-refractivity contribution in [3.8, 4) is 0 Å². The Kier molecular flexibility index (Phi) is 3.69. The Hall–Kier alpha value is -1.38. The van der Waals surface area contributed by atoms with E-state index < -0.39 is 10.0 Å². The Labute approximate surface area is 109 Å². The molecule has 18 heavy (non-hydrogen) atoms. The highest BCUT2D eigenvalue weighted by molar-refractivity contribution is 7.94. The molecule has 0 aromatic carbocycles. The molecule has 0 saturated carbocycles. The van der Waals surface area contributed by atoms with E-state index in [0.29, 0.717) is 18.7 Å². The quantitative estimate of drug-likeness (QED) is 0.850. The van der Waals surface area contributed by atoms with Crippen LogP contribution in [-0.4, -0.2) is 24.7 Å². The van der Waals surface area contributed by atoms with Crippen LogP contribution in [0.3, 0.4) is 0 Å². The minimum Gasteiger partial charge on any atom is -0.330 e. The minimum atomic E-state index is -3.52. The van der Waals surface area contributed by atoms with Crippen LogP contribution in [0.25, 0.3) is 0 Å². The number of hydrogen-bond donors (Lipinski definition) is 2. The predicted molar refractivity (Wildman–Crippen MR) is 71.1 cm³/mol. The number of nitrogens with one attached hydrogen (secondary N) is 1. The first-order valence-electron chi connectivity index (χ1n) is 5.31. The first-order chi connectivity index (χ1) is 8.51. The van der Waals surface area contributed by atoms with E-state index in [1.165, 1.54) is 22.2 Å². The Morgan fingerprint density at radius 3 is 2.89 bits per heavy atom. The third-order valence-corrected chi connectivity index (χ3v) is 5.27. The van der Waals surface area contributed by atoms with E-state index in [4.69, 9.17) is 5.73 Å². The fourth-order valence-electron chi connectivity index (χ4n) is 1.46. The van der Waals surface area contributed by atoms with Crippen molar-refractivity contribution in [3.05, 3.63) is 29.4 Å². The van der Waals surface area contributed by atoms with Crippen LogP contribution in [0, 0.1) is 0 Å². The summed E-state index contributed by atoms with van der Waals surface area (Å²) < 4.78 is 28.4. The van der Waals surface area contributed by atoms with E-state index in [2.05, 4.69) is 9.82 Å². The summed E-state index contributed by atoms with van der Waals surface area (Å²) in [5, 5.41) is 3.91. The zero-order valence-corrected chi connectivity index (χ0v) is 11.5. The van der Waals surface area contributed by atoms with Crippen molar-refractivity contribution >= 4 is 27.0 Å². The smallest absolute Gasteiger partial charge is 0.271 e. The third kappa shape index (κ3) is 2.89. The van der Waals surface area contributed by atoms with Crippen molar-refractivity contribution < 1.29 is 8.42 Å². The predicted octanol–water partition coefficient (Wildman–Crippen LogP) is 0.784. The molecule has 0 aliphatic heterocycles. The van der Waals surface area contributed by atoms with Gasteiger partial charge < -0.3 is 5.73 Å². The van der Waals surface area contributed by atoms with Crippen molar-refractivity contribution in [2.75, 3.05) is 11.3 Å². The first kappa shape index (κ1) is 13.1. The van der Waals surface area contributed by atoms with Crippen molar-refractivity contribution in [3.63, 3.8) is 0 Å². The Morgan fingerprint density at radius 2 is 2.28 bits per heavy atom. The van der Waals surface area contributed by atoms with Gasteiger partial charge in [-0.1, -0.05) is 0 Å². The maximum atomic E-state index is 12.1.